The number of aliphatic imine (C=N–C) groups is 1. The minimum Gasteiger partial charge on any atom is -0.383 e. The molecule has 1 aromatic heterocycles. The van der Waals surface area contributed by atoms with Gasteiger partial charge in [0.1, 0.15) is 5.84 Å². The molecule has 0 unspecified atom stereocenters. The molecule has 0 atom stereocenters. The van der Waals surface area contributed by atoms with E-state index >= 15 is 0 Å². The highest BCUT2D eigenvalue weighted by molar-refractivity contribution is 7.22. The van der Waals surface area contributed by atoms with Crippen molar-refractivity contribution in [1.82, 2.24) is 0 Å². The van der Waals surface area contributed by atoms with E-state index in [4.69, 9.17) is 10.7 Å². The van der Waals surface area contributed by atoms with Crippen LogP contribution in [0.3, 0.4) is 0 Å². The molecule has 0 aliphatic rings. The molecule has 10 aromatic rings. The first-order valence-electron chi connectivity index (χ1n) is 19.4. The maximum Gasteiger partial charge on any atom is 0.131 e. The predicted molar refractivity (Wildman–Crippen MR) is 246 cm³/mol. The lowest BCUT2D eigenvalue weighted by molar-refractivity contribution is 1.26. The molecule has 57 heavy (non-hydrogen) atoms. The van der Waals surface area contributed by atoms with Gasteiger partial charge in [0.15, 0.2) is 0 Å². The minimum absolute atomic E-state index is 0.492. The van der Waals surface area contributed by atoms with Crippen LogP contribution in [0.25, 0.3) is 80.8 Å². The van der Waals surface area contributed by atoms with Crippen molar-refractivity contribution in [3.63, 3.8) is 0 Å². The van der Waals surface area contributed by atoms with Gasteiger partial charge in [-0.15, -0.1) is 11.3 Å². The second-order valence-corrected chi connectivity index (χ2v) is 15.5. The molecule has 3 heteroatoms. The summed E-state index contributed by atoms with van der Waals surface area (Å²) in [5.74, 6) is 0.492. The molecule has 0 aliphatic carbocycles. The van der Waals surface area contributed by atoms with Crippen molar-refractivity contribution in [3.8, 4) is 32.7 Å². The number of allylic oxidation sites excluding steroid dienone is 1. The molecule has 9 aromatic carbocycles. The van der Waals surface area contributed by atoms with Gasteiger partial charge in [-0.1, -0.05) is 194 Å². The van der Waals surface area contributed by atoms with Gasteiger partial charge >= 0.3 is 0 Å². The Morgan fingerprint density at radius 2 is 1.07 bits per heavy atom. The minimum atomic E-state index is 0.492. The van der Waals surface area contributed by atoms with Gasteiger partial charge in [-0.25, -0.2) is 4.99 Å². The molecule has 0 bridgehead atoms. The SMILES string of the molecule is NC(=N/C(=C\Cc1ccc(-c2cc3ccccc3s2)cc1)c1ccc(-c2c3ccccc3c(-c3ccccc3)c3ccc4ccccc4c23)cc1)c1ccccc1. The van der Waals surface area contributed by atoms with Crippen molar-refractivity contribution in [1.29, 1.82) is 0 Å². The van der Waals surface area contributed by atoms with Gasteiger partial charge in [-0.2, -0.15) is 0 Å². The Hall–Kier alpha value is -7.07. The molecule has 270 valence electrons. The zero-order valence-corrected chi connectivity index (χ0v) is 32.1. The average molecular weight is 747 g/mol. The fraction of sp³-hybridized carbons (Fsp3) is 0.0185. The van der Waals surface area contributed by atoms with Crippen molar-refractivity contribution in [2.75, 3.05) is 0 Å². The number of nitrogens with zero attached hydrogens (tertiary/aromatic N) is 1. The van der Waals surface area contributed by atoms with E-state index in [1.54, 1.807) is 0 Å². The van der Waals surface area contributed by atoms with E-state index in [9.17, 15) is 0 Å². The van der Waals surface area contributed by atoms with Gasteiger partial charge in [0.05, 0.1) is 5.70 Å². The lowest BCUT2D eigenvalue weighted by atomic mass is 9.84. The van der Waals surface area contributed by atoms with E-state index in [0.717, 1.165) is 28.8 Å². The van der Waals surface area contributed by atoms with E-state index in [2.05, 4.69) is 176 Å². The first kappa shape index (κ1) is 34.4. The van der Waals surface area contributed by atoms with E-state index in [-0.39, 0.29) is 0 Å². The third-order valence-corrected chi connectivity index (χ3v) is 12.1. The topological polar surface area (TPSA) is 38.4 Å². The highest BCUT2D eigenvalue weighted by Crippen LogP contribution is 2.46. The van der Waals surface area contributed by atoms with Crippen molar-refractivity contribution in [2.24, 2.45) is 10.7 Å². The van der Waals surface area contributed by atoms with Crippen LogP contribution in [0.1, 0.15) is 16.7 Å². The molecule has 0 saturated carbocycles. The lowest BCUT2D eigenvalue weighted by Gasteiger charge is -2.19. The molecule has 0 spiro atoms. The Balaban J connectivity index is 1.08. The van der Waals surface area contributed by atoms with E-state index in [1.165, 1.54) is 75.1 Å². The van der Waals surface area contributed by atoms with Crippen LogP contribution >= 0.6 is 11.3 Å². The van der Waals surface area contributed by atoms with Crippen LogP contribution in [-0.4, -0.2) is 5.84 Å². The van der Waals surface area contributed by atoms with Crippen molar-refractivity contribution in [3.05, 3.63) is 223 Å². The van der Waals surface area contributed by atoms with Crippen molar-refractivity contribution in [2.45, 2.75) is 6.42 Å². The van der Waals surface area contributed by atoms with E-state index in [0.29, 0.717) is 5.84 Å². The number of nitrogens with two attached hydrogens (primary N) is 1. The van der Waals surface area contributed by atoms with Crippen LogP contribution in [0.4, 0.5) is 0 Å². The fourth-order valence-electron chi connectivity index (χ4n) is 8.15. The summed E-state index contributed by atoms with van der Waals surface area (Å²) in [5.41, 5.74) is 16.8. The first-order chi connectivity index (χ1) is 28.2. The molecular weight excluding hydrogens is 709 g/mol. The normalized spacial score (nSPS) is 12.2. The first-order valence-corrected chi connectivity index (χ1v) is 20.2. The molecule has 2 N–H and O–H groups in total. The smallest absolute Gasteiger partial charge is 0.131 e. The summed E-state index contributed by atoms with van der Waals surface area (Å²) >= 11 is 1.83. The fourth-order valence-corrected chi connectivity index (χ4v) is 9.21. The van der Waals surface area contributed by atoms with Crippen LogP contribution in [0.5, 0.6) is 0 Å². The molecule has 0 amide bonds. The van der Waals surface area contributed by atoms with E-state index in [1.807, 2.05) is 41.7 Å². The van der Waals surface area contributed by atoms with Crippen LogP contribution in [0.2, 0.25) is 0 Å². The summed E-state index contributed by atoms with van der Waals surface area (Å²) in [6.07, 6.45) is 2.92. The number of hydrogen-bond donors (Lipinski definition) is 1. The Kier molecular flexibility index (Phi) is 8.98. The Labute approximate surface area is 336 Å². The molecule has 0 fully saturated rings. The number of amidine groups is 1. The monoisotopic (exact) mass is 746 g/mol. The largest absolute Gasteiger partial charge is 0.383 e. The molecule has 0 radical (unpaired) electrons. The second kappa shape index (κ2) is 14.9. The summed E-state index contributed by atoms with van der Waals surface area (Å²) in [5, 5.41) is 8.74. The van der Waals surface area contributed by atoms with Gasteiger partial charge in [0.25, 0.3) is 0 Å². The van der Waals surface area contributed by atoms with Gasteiger partial charge in [0.2, 0.25) is 0 Å². The molecule has 0 aliphatic heterocycles. The lowest BCUT2D eigenvalue weighted by Crippen LogP contribution is -2.13. The van der Waals surface area contributed by atoms with Gasteiger partial charge in [-0.3, -0.25) is 0 Å². The van der Waals surface area contributed by atoms with Crippen LogP contribution in [-0.2, 0) is 6.42 Å². The van der Waals surface area contributed by atoms with Crippen LogP contribution in [0, 0.1) is 0 Å². The Bertz CT molecular complexity index is 3090. The number of rotatable bonds is 8. The summed E-state index contributed by atoms with van der Waals surface area (Å²) in [6.45, 7) is 0. The molecule has 1 heterocycles. The zero-order chi connectivity index (χ0) is 38.1. The highest BCUT2D eigenvalue weighted by Gasteiger charge is 2.19. The quantitative estimate of drug-likeness (QED) is 0.0715. The average Bonchev–Trinajstić information content (AvgIpc) is 3.72. The van der Waals surface area contributed by atoms with Gasteiger partial charge in [-0.05, 0) is 95.2 Å². The summed E-state index contributed by atoms with van der Waals surface area (Å²) < 4.78 is 1.31. The molecule has 2 nitrogen and oxygen atoms in total. The third kappa shape index (κ3) is 6.58. The summed E-state index contributed by atoms with van der Waals surface area (Å²) in [6, 6.07) is 71.6. The zero-order valence-electron chi connectivity index (χ0n) is 31.3. The number of fused-ring (bicyclic) bond motifs is 5. The predicted octanol–water partition coefficient (Wildman–Crippen LogP) is 14.4. The number of hydrogen-bond acceptors (Lipinski definition) is 2. The summed E-state index contributed by atoms with van der Waals surface area (Å²) in [7, 11) is 0. The maximum atomic E-state index is 6.69. The van der Waals surface area contributed by atoms with E-state index < -0.39 is 0 Å². The van der Waals surface area contributed by atoms with Gasteiger partial charge in [0, 0.05) is 15.1 Å². The third-order valence-electron chi connectivity index (χ3n) is 11.0. The van der Waals surface area contributed by atoms with Crippen molar-refractivity contribution >= 4 is 65.3 Å². The highest BCUT2D eigenvalue weighted by atomic mass is 32.1. The molecule has 0 saturated heterocycles. The Morgan fingerprint density at radius 1 is 0.474 bits per heavy atom. The Morgan fingerprint density at radius 3 is 1.81 bits per heavy atom. The van der Waals surface area contributed by atoms with Crippen LogP contribution < -0.4 is 5.73 Å². The second-order valence-electron chi connectivity index (χ2n) is 14.5. The molecule has 10 rings (SSSR count). The van der Waals surface area contributed by atoms with Gasteiger partial charge < -0.3 is 5.73 Å². The number of benzene rings is 9. The van der Waals surface area contributed by atoms with Crippen LogP contribution in [0.15, 0.2) is 211 Å². The number of thiophene rings is 1. The maximum absolute atomic E-state index is 6.69. The molecular formula is C54H38N2S. The van der Waals surface area contributed by atoms with Crippen molar-refractivity contribution < 1.29 is 0 Å². The standard InChI is InChI=1S/C54H38N2S/c55-54(42-16-5-2-6-17-42)56-48(34-25-36-23-26-39(27-24-36)50-35-43-18-8-12-22-49(43)57-50)38-28-30-41(31-29-38)52-46-21-11-10-20-45(46)51(40-14-3-1-4-15-40)47-33-32-37-13-7-9-19-44(37)53(47)52/h1-24,26-35H,25H2,(H2,55,56)/b48-34-. The summed E-state index contributed by atoms with van der Waals surface area (Å²) in [4.78, 5) is 6.35.